The van der Waals surface area contributed by atoms with Crippen LogP contribution in [0.1, 0.15) is 44.1 Å². The fraction of sp³-hybridized carbons (Fsp3) is 0.611. The Morgan fingerprint density at radius 3 is 2.55 bits per heavy atom. The molecule has 1 N–H and O–H groups in total. The van der Waals surface area contributed by atoms with Gasteiger partial charge in [-0.3, -0.25) is 4.79 Å². The molecule has 0 radical (unpaired) electrons. The zero-order chi connectivity index (χ0) is 15.5. The topological polar surface area (TPSA) is 29.1 Å². The number of halogens is 2. The van der Waals surface area contributed by atoms with Gasteiger partial charge in [0.05, 0.1) is 11.1 Å². The van der Waals surface area contributed by atoms with Crippen molar-refractivity contribution in [3.05, 3.63) is 29.6 Å². The summed E-state index contributed by atoms with van der Waals surface area (Å²) in [6.45, 7) is 1.85. The van der Waals surface area contributed by atoms with E-state index in [1.165, 1.54) is 25.3 Å². The van der Waals surface area contributed by atoms with Gasteiger partial charge in [-0.25, -0.2) is 4.39 Å². The average Bonchev–Trinajstić information content (AvgIpc) is 2.39. The predicted molar refractivity (Wildman–Crippen MR) is 88.5 cm³/mol. The number of nitrogens with one attached hydrogen (secondary N) is 1. The van der Waals surface area contributed by atoms with Crippen molar-refractivity contribution in [1.82, 2.24) is 0 Å². The lowest BCUT2D eigenvalue weighted by atomic mass is 9.49. The maximum Gasteiger partial charge on any atom is 0.230 e. The standard InChI is InChI=1S/C18H21BrFNO/c1-11-2-3-15(14(20)4-11)21-16(22)17-6-12-5-13(7-17)9-18(19,8-12)10-17/h2-4,12-13H,5-10H2,1H3,(H,21,22). The van der Waals surface area contributed by atoms with E-state index in [0.29, 0.717) is 17.5 Å². The summed E-state index contributed by atoms with van der Waals surface area (Å²) < 4.78 is 14.2. The number of benzene rings is 1. The molecule has 2 unspecified atom stereocenters. The van der Waals surface area contributed by atoms with Crippen LogP contribution in [0.5, 0.6) is 0 Å². The van der Waals surface area contributed by atoms with Crippen LogP contribution >= 0.6 is 15.9 Å². The highest BCUT2D eigenvalue weighted by Crippen LogP contribution is 2.64. The normalized spacial score (nSPS) is 39.0. The SMILES string of the molecule is Cc1ccc(NC(=O)C23CC4CC(CC(Br)(C4)C2)C3)c(F)c1. The van der Waals surface area contributed by atoms with Gasteiger partial charge in [0.2, 0.25) is 5.91 Å². The molecule has 0 aromatic heterocycles. The van der Waals surface area contributed by atoms with Gasteiger partial charge in [0.25, 0.3) is 0 Å². The Morgan fingerprint density at radius 2 is 1.95 bits per heavy atom. The van der Waals surface area contributed by atoms with Gasteiger partial charge in [-0.1, -0.05) is 22.0 Å². The maximum atomic E-state index is 14.0. The van der Waals surface area contributed by atoms with E-state index in [0.717, 1.165) is 24.8 Å². The van der Waals surface area contributed by atoms with Crippen molar-refractivity contribution >= 4 is 27.5 Å². The number of hydrogen-bond donors (Lipinski definition) is 1. The average molecular weight is 366 g/mol. The molecule has 0 aliphatic heterocycles. The van der Waals surface area contributed by atoms with E-state index in [1.807, 2.05) is 13.0 Å². The van der Waals surface area contributed by atoms with E-state index in [1.54, 1.807) is 6.07 Å². The number of amides is 1. The number of rotatable bonds is 2. The Morgan fingerprint density at radius 1 is 1.27 bits per heavy atom. The number of alkyl halides is 1. The zero-order valence-electron chi connectivity index (χ0n) is 12.8. The van der Waals surface area contributed by atoms with Gasteiger partial charge in [-0.2, -0.15) is 0 Å². The summed E-state index contributed by atoms with van der Waals surface area (Å²) in [7, 11) is 0. The minimum absolute atomic E-state index is 0.0215. The van der Waals surface area contributed by atoms with Gasteiger partial charge in [-0.05, 0) is 75.0 Å². The van der Waals surface area contributed by atoms with E-state index >= 15 is 0 Å². The number of anilines is 1. The highest BCUT2D eigenvalue weighted by Gasteiger charge is 2.59. The van der Waals surface area contributed by atoms with E-state index in [4.69, 9.17) is 0 Å². The molecule has 1 amide bonds. The summed E-state index contributed by atoms with van der Waals surface area (Å²) in [5, 5.41) is 2.88. The molecular formula is C18H21BrFNO. The van der Waals surface area contributed by atoms with Gasteiger partial charge in [0.15, 0.2) is 0 Å². The van der Waals surface area contributed by atoms with Crippen LogP contribution in [-0.2, 0) is 4.79 Å². The molecule has 4 aliphatic rings. The minimum Gasteiger partial charge on any atom is -0.323 e. The second-order valence-electron chi connectivity index (χ2n) is 7.83. The van der Waals surface area contributed by atoms with Crippen LogP contribution in [0, 0.1) is 30.0 Å². The van der Waals surface area contributed by atoms with Crippen molar-refractivity contribution in [2.24, 2.45) is 17.3 Å². The van der Waals surface area contributed by atoms with Crippen LogP contribution in [0.2, 0.25) is 0 Å². The van der Waals surface area contributed by atoms with E-state index in [9.17, 15) is 9.18 Å². The van der Waals surface area contributed by atoms with Crippen molar-refractivity contribution in [3.8, 4) is 0 Å². The second kappa shape index (κ2) is 4.80. The maximum absolute atomic E-state index is 14.0. The lowest BCUT2D eigenvalue weighted by Gasteiger charge is -2.59. The summed E-state index contributed by atoms with van der Waals surface area (Å²) in [4.78, 5) is 12.9. The van der Waals surface area contributed by atoms with Crippen molar-refractivity contribution in [3.63, 3.8) is 0 Å². The van der Waals surface area contributed by atoms with Gasteiger partial charge in [0, 0.05) is 4.32 Å². The van der Waals surface area contributed by atoms with Crippen LogP contribution in [0.4, 0.5) is 10.1 Å². The first-order chi connectivity index (χ1) is 10.4. The Kier molecular flexibility index (Phi) is 3.20. The monoisotopic (exact) mass is 365 g/mol. The van der Waals surface area contributed by atoms with Gasteiger partial charge >= 0.3 is 0 Å². The first-order valence-corrected chi connectivity index (χ1v) is 8.93. The highest BCUT2D eigenvalue weighted by molar-refractivity contribution is 9.10. The van der Waals surface area contributed by atoms with E-state index in [2.05, 4.69) is 21.2 Å². The largest absolute Gasteiger partial charge is 0.323 e. The molecule has 1 aromatic carbocycles. The van der Waals surface area contributed by atoms with Crippen LogP contribution in [0.15, 0.2) is 18.2 Å². The van der Waals surface area contributed by atoms with Gasteiger partial charge < -0.3 is 5.32 Å². The third-order valence-electron chi connectivity index (χ3n) is 5.84. The molecular weight excluding hydrogens is 345 g/mol. The molecule has 22 heavy (non-hydrogen) atoms. The Hall–Kier alpha value is -0.900. The number of carbonyl (C=O) groups is 1. The van der Waals surface area contributed by atoms with Crippen molar-refractivity contribution in [2.75, 3.05) is 5.32 Å². The zero-order valence-corrected chi connectivity index (χ0v) is 14.4. The van der Waals surface area contributed by atoms with Crippen molar-refractivity contribution in [1.29, 1.82) is 0 Å². The number of carbonyl (C=O) groups excluding carboxylic acids is 1. The first kappa shape index (κ1) is 14.7. The van der Waals surface area contributed by atoms with Crippen LogP contribution in [0.25, 0.3) is 0 Å². The van der Waals surface area contributed by atoms with Crippen LogP contribution in [-0.4, -0.2) is 10.2 Å². The predicted octanol–water partition coefficient (Wildman–Crippen LogP) is 4.81. The molecule has 1 aromatic rings. The molecule has 2 nitrogen and oxygen atoms in total. The van der Waals surface area contributed by atoms with Gasteiger partial charge in [0.1, 0.15) is 5.82 Å². The molecule has 5 rings (SSSR count). The summed E-state index contributed by atoms with van der Waals surface area (Å²) >= 11 is 3.92. The smallest absolute Gasteiger partial charge is 0.230 e. The molecule has 0 spiro atoms. The molecule has 0 heterocycles. The second-order valence-corrected chi connectivity index (χ2v) is 9.51. The first-order valence-electron chi connectivity index (χ1n) is 8.14. The molecule has 4 heteroatoms. The molecule has 0 saturated heterocycles. The molecule has 4 fully saturated rings. The minimum atomic E-state index is -0.341. The third kappa shape index (κ3) is 2.31. The molecule has 4 saturated carbocycles. The molecule has 4 aliphatic carbocycles. The molecule has 2 atom stereocenters. The Bertz CT molecular complexity index is 630. The molecule has 118 valence electrons. The summed E-state index contributed by atoms with van der Waals surface area (Å²) in [5.41, 5.74) is 0.880. The summed E-state index contributed by atoms with van der Waals surface area (Å²) in [6.07, 6.45) is 6.48. The van der Waals surface area contributed by atoms with E-state index < -0.39 is 0 Å². The van der Waals surface area contributed by atoms with E-state index in [-0.39, 0.29) is 21.5 Å². The lowest BCUT2D eigenvalue weighted by molar-refractivity contribution is -0.138. The quantitative estimate of drug-likeness (QED) is 0.748. The van der Waals surface area contributed by atoms with Crippen molar-refractivity contribution < 1.29 is 9.18 Å². The van der Waals surface area contributed by atoms with Crippen LogP contribution < -0.4 is 5.32 Å². The molecule has 4 bridgehead atoms. The lowest BCUT2D eigenvalue weighted by Crippen LogP contribution is -2.57. The Balaban J connectivity index is 1.60. The van der Waals surface area contributed by atoms with Crippen molar-refractivity contribution in [2.45, 2.75) is 49.8 Å². The number of aryl methyl sites for hydroxylation is 1. The Labute approximate surface area is 139 Å². The number of hydrogen-bond acceptors (Lipinski definition) is 1. The summed E-state index contributed by atoms with van der Waals surface area (Å²) in [6, 6.07) is 4.98. The van der Waals surface area contributed by atoms with Crippen LogP contribution in [0.3, 0.4) is 0 Å². The summed E-state index contributed by atoms with van der Waals surface area (Å²) in [5.74, 6) is 0.975. The highest BCUT2D eigenvalue weighted by atomic mass is 79.9. The third-order valence-corrected chi connectivity index (χ3v) is 6.77. The fourth-order valence-electron chi connectivity index (χ4n) is 5.39. The van der Waals surface area contributed by atoms with Gasteiger partial charge in [-0.15, -0.1) is 0 Å². The fourth-order valence-corrected chi connectivity index (χ4v) is 6.85.